The zero-order chi connectivity index (χ0) is 10.8. The van der Waals surface area contributed by atoms with E-state index in [1.807, 2.05) is 12.1 Å². The average molecular weight is 222 g/mol. The second-order valence-corrected chi connectivity index (χ2v) is 4.01. The van der Waals surface area contributed by atoms with Crippen molar-refractivity contribution in [2.24, 2.45) is 0 Å². The number of rotatable bonds is 2. The van der Waals surface area contributed by atoms with Crippen molar-refractivity contribution in [1.29, 1.82) is 0 Å². The van der Waals surface area contributed by atoms with Gasteiger partial charge in [0.05, 0.1) is 0 Å². The van der Waals surface area contributed by atoms with Crippen LogP contribution >= 0.6 is 11.6 Å². The van der Waals surface area contributed by atoms with Gasteiger partial charge in [0.25, 0.3) is 0 Å². The molecule has 0 bridgehead atoms. The summed E-state index contributed by atoms with van der Waals surface area (Å²) >= 11 is 6.13. The van der Waals surface area contributed by atoms with E-state index in [1.165, 1.54) is 6.07 Å². The van der Waals surface area contributed by atoms with E-state index in [9.17, 15) is 4.79 Å². The Morgan fingerprint density at radius 2 is 2.13 bits per heavy atom. The first kappa shape index (κ1) is 10.2. The van der Waals surface area contributed by atoms with Crippen molar-refractivity contribution in [2.75, 3.05) is 0 Å². The standard InChI is InChI=1S/C12H12ClNO/c1-2-3-8-7-11-9(6-10(8)13)4-5-12(15)14-11/h4-7H,2-3H2,1H3,(H,14,15). The molecule has 15 heavy (non-hydrogen) atoms. The second kappa shape index (κ2) is 4.07. The van der Waals surface area contributed by atoms with Crippen molar-refractivity contribution in [2.45, 2.75) is 19.8 Å². The van der Waals surface area contributed by atoms with Crippen LogP contribution in [0.5, 0.6) is 0 Å². The van der Waals surface area contributed by atoms with Gasteiger partial charge in [-0.15, -0.1) is 0 Å². The van der Waals surface area contributed by atoms with E-state index in [1.54, 1.807) is 6.07 Å². The molecule has 2 rings (SSSR count). The van der Waals surface area contributed by atoms with Crippen LogP contribution < -0.4 is 5.56 Å². The Bertz CT molecular complexity index is 545. The molecule has 0 spiro atoms. The minimum Gasteiger partial charge on any atom is -0.322 e. The van der Waals surface area contributed by atoms with Gasteiger partial charge in [0.15, 0.2) is 0 Å². The molecule has 0 unspecified atom stereocenters. The Morgan fingerprint density at radius 1 is 1.33 bits per heavy atom. The van der Waals surface area contributed by atoms with Gasteiger partial charge in [-0.05, 0) is 35.6 Å². The molecule has 0 radical (unpaired) electrons. The van der Waals surface area contributed by atoms with Gasteiger partial charge in [-0.25, -0.2) is 0 Å². The van der Waals surface area contributed by atoms with Crippen molar-refractivity contribution in [3.8, 4) is 0 Å². The summed E-state index contributed by atoms with van der Waals surface area (Å²) in [4.78, 5) is 14.0. The van der Waals surface area contributed by atoms with Crippen LogP contribution in [0.25, 0.3) is 10.9 Å². The summed E-state index contributed by atoms with van der Waals surface area (Å²) in [6.07, 6.45) is 1.98. The molecule has 3 heteroatoms. The number of H-pyrrole nitrogens is 1. The quantitative estimate of drug-likeness (QED) is 0.831. The number of hydrogen-bond acceptors (Lipinski definition) is 1. The minimum absolute atomic E-state index is 0.0766. The Kier molecular flexibility index (Phi) is 2.78. The third-order valence-corrected chi connectivity index (χ3v) is 2.76. The fourth-order valence-electron chi connectivity index (χ4n) is 1.68. The highest BCUT2D eigenvalue weighted by Gasteiger charge is 2.02. The molecule has 0 amide bonds. The van der Waals surface area contributed by atoms with Gasteiger partial charge >= 0.3 is 0 Å². The SMILES string of the molecule is CCCc1cc2[nH]c(=O)ccc2cc1Cl. The van der Waals surface area contributed by atoms with Crippen molar-refractivity contribution in [3.63, 3.8) is 0 Å². The summed E-state index contributed by atoms with van der Waals surface area (Å²) in [5.74, 6) is 0. The Morgan fingerprint density at radius 3 is 2.87 bits per heavy atom. The largest absolute Gasteiger partial charge is 0.322 e. The number of aromatic amines is 1. The van der Waals surface area contributed by atoms with E-state index >= 15 is 0 Å². The molecule has 2 nitrogen and oxygen atoms in total. The average Bonchev–Trinajstić information content (AvgIpc) is 2.20. The number of pyridine rings is 1. The topological polar surface area (TPSA) is 32.9 Å². The molecule has 1 aromatic heterocycles. The van der Waals surface area contributed by atoms with E-state index in [-0.39, 0.29) is 5.56 Å². The fraction of sp³-hybridized carbons (Fsp3) is 0.250. The summed E-state index contributed by atoms with van der Waals surface area (Å²) in [6, 6.07) is 7.16. The monoisotopic (exact) mass is 221 g/mol. The number of benzene rings is 1. The van der Waals surface area contributed by atoms with Crippen LogP contribution in [0, 0.1) is 0 Å². The van der Waals surface area contributed by atoms with Crippen molar-refractivity contribution >= 4 is 22.5 Å². The van der Waals surface area contributed by atoms with Crippen LogP contribution in [0.15, 0.2) is 29.1 Å². The van der Waals surface area contributed by atoms with Gasteiger partial charge in [-0.1, -0.05) is 24.9 Å². The predicted molar refractivity (Wildman–Crippen MR) is 63.6 cm³/mol. The summed E-state index contributed by atoms with van der Waals surface area (Å²) in [6.45, 7) is 2.11. The van der Waals surface area contributed by atoms with Crippen LogP contribution in [0.3, 0.4) is 0 Å². The van der Waals surface area contributed by atoms with Gasteiger partial charge in [-0.2, -0.15) is 0 Å². The van der Waals surface area contributed by atoms with Gasteiger partial charge in [0, 0.05) is 16.6 Å². The fourth-order valence-corrected chi connectivity index (χ4v) is 1.95. The molecule has 0 aliphatic rings. The van der Waals surface area contributed by atoms with E-state index in [2.05, 4.69) is 11.9 Å². The van der Waals surface area contributed by atoms with Crippen LogP contribution in [0.4, 0.5) is 0 Å². The summed E-state index contributed by atoms with van der Waals surface area (Å²) in [5.41, 5.74) is 1.87. The molecular formula is C12H12ClNO. The molecule has 2 aromatic rings. The number of hydrogen-bond donors (Lipinski definition) is 1. The van der Waals surface area contributed by atoms with Gasteiger partial charge in [-0.3, -0.25) is 4.79 Å². The highest BCUT2D eigenvalue weighted by atomic mass is 35.5. The Balaban J connectivity index is 2.66. The number of halogens is 1. The zero-order valence-corrected chi connectivity index (χ0v) is 9.27. The summed E-state index contributed by atoms with van der Waals surface area (Å²) in [5, 5.41) is 1.75. The minimum atomic E-state index is -0.0766. The van der Waals surface area contributed by atoms with E-state index in [0.29, 0.717) is 0 Å². The third-order valence-electron chi connectivity index (χ3n) is 2.41. The van der Waals surface area contributed by atoms with E-state index in [0.717, 1.165) is 34.3 Å². The molecule has 0 saturated carbocycles. The predicted octanol–water partition coefficient (Wildman–Crippen LogP) is 3.13. The zero-order valence-electron chi connectivity index (χ0n) is 8.51. The lowest BCUT2D eigenvalue weighted by molar-refractivity contribution is 0.923. The Hall–Kier alpha value is -1.28. The normalized spacial score (nSPS) is 10.8. The molecule has 0 aliphatic heterocycles. The Labute approximate surface area is 92.9 Å². The highest BCUT2D eigenvalue weighted by Crippen LogP contribution is 2.23. The van der Waals surface area contributed by atoms with Crippen molar-refractivity contribution in [3.05, 3.63) is 45.2 Å². The van der Waals surface area contributed by atoms with Crippen LogP contribution in [-0.2, 0) is 6.42 Å². The molecule has 78 valence electrons. The maximum Gasteiger partial charge on any atom is 0.248 e. The van der Waals surface area contributed by atoms with E-state index in [4.69, 9.17) is 11.6 Å². The molecule has 0 fully saturated rings. The smallest absolute Gasteiger partial charge is 0.248 e. The summed E-state index contributed by atoms with van der Waals surface area (Å²) < 4.78 is 0. The molecule has 1 heterocycles. The van der Waals surface area contributed by atoms with Crippen LogP contribution in [-0.4, -0.2) is 4.98 Å². The van der Waals surface area contributed by atoms with Crippen molar-refractivity contribution < 1.29 is 0 Å². The lowest BCUT2D eigenvalue weighted by Gasteiger charge is -2.04. The van der Waals surface area contributed by atoms with Gasteiger partial charge in [0.1, 0.15) is 0 Å². The van der Waals surface area contributed by atoms with Crippen LogP contribution in [0.1, 0.15) is 18.9 Å². The van der Waals surface area contributed by atoms with E-state index < -0.39 is 0 Å². The molecule has 0 aliphatic carbocycles. The molecular weight excluding hydrogens is 210 g/mol. The molecule has 0 atom stereocenters. The lowest BCUT2D eigenvalue weighted by Crippen LogP contribution is -2.02. The number of aromatic nitrogens is 1. The first-order valence-electron chi connectivity index (χ1n) is 5.02. The van der Waals surface area contributed by atoms with Gasteiger partial charge in [0.2, 0.25) is 5.56 Å². The maximum atomic E-state index is 11.1. The van der Waals surface area contributed by atoms with Crippen molar-refractivity contribution in [1.82, 2.24) is 4.98 Å². The molecule has 0 saturated heterocycles. The highest BCUT2D eigenvalue weighted by molar-refractivity contribution is 6.32. The number of aryl methyl sites for hydroxylation is 1. The molecule has 1 N–H and O–H groups in total. The van der Waals surface area contributed by atoms with Gasteiger partial charge < -0.3 is 4.98 Å². The second-order valence-electron chi connectivity index (χ2n) is 3.60. The first-order valence-corrected chi connectivity index (χ1v) is 5.40. The number of nitrogens with one attached hydrogen (secondary N) is 1. The lowest BCUT2D eigenvalue weighted by atomic mass is 10.1. The summed E-state index contributed by atoms with van der Waals surface area (Å²) in [7, 11) is 0. The maximum absolute atomic E-state index is 11.1. The van der Waals surface area contributed by atoms with Crippen LogP contribution in [0.2, 0.25) is 5.02 Å². The number of fused-ring (bicyclic) bond motifs is 1. The first-order chi connectivity index (χ1) is 7.20. The molecule has 1 aromatic carbocycles. The third kappa shape index (κ3) is 2.05.